The number of ether oxygens (including phenoxy) is 1. The van der Waals surface area contributed by atoms with Gasteiger partial charge in [0.15, 0.2) is 0 Å². The summed E-state index contributed by atoms with van der Waals surface area (Å²) < 4.78 is 44.1. The first kappa shape index (κ1) is 18.5. The fourth-order valence-corrected chi connectivity index (χ4v) is 1.79. The Morgan fingerprint density at radius 3 is 2.23 bits per heavy atom. The van der Waals surface area contributed by atoms with E-state index in [2.05, 4.69) is 11.8 Å². The molecular weight excluding hydrogens is 293 g/mol. The molecule has 0 amide bonds. The van der Waals surface area contributed by atoms with Gasteiger partial charge in [-0.2, -0.15) is 13.2 Å². The van der Waals surface area contributed by atoms with E-state index < -0.39 is 23.6 Å². The fraction of sp³-hybridized carbons (Fsp3) is 0.529. The van der Waals surface area contributed by atoms with Gasteiger partial charge in [-0.25, -0.2) is 0 Å². The van der Waals surface area contributed by atoms with Gasteiger partial charge in [-0.3, -0.25) is 0 Å². The van der Waals surface area contributed by atoms with Crippen LogP contribution in [0.25, 0.3) is 0 Å². The van der Waals surface area contributed by atoms with Crippen LogP contribution < -0.4 is 0 Å². The molecule has 0 radical (unpaired) electrons. The third-order valence-electron chi connectivity index (χ3n) is 3.10. The first-order chi connectivity index (χ1) is 10.1. The molecule has 0 spiro atoms. The van der Waals surface area contributed by atoms with E-state index in [0.717, 1.165) is 5.56 Å². The molecule has 1 aromatic rings. The lowest BCUT2D eigenvalue weighted by Crippen LogP contribution is -2.41. The first-order valence-electron chi connectivity index (χ1n) is 6.97. The predicted molar refractivity (Wildman–Crippen MR) is 78.9 cm³/mol. The highest BCUT2D eigenvalue weighted by atomic mass is 19.4. The molecule has 0 aliphatic carbocycles. The molecule has 2 unspecified atom stereocenters. The summed E-state index contributed by atoms with van der Waals surface area (Å²) in [7, 11) is 0. The summed E-state index contributed by atoms with van der Waals surface area (Å²) in [5.74, 6) is 2.39. The highest BCUT2D eigenvalue weighted by Gasteiger charge is 2.47. The van der Waals surface area contributed by atoms with Crippen LogP contribution in [-0.2, 0) is 11.3 Å². The molecule has 5 heteroatoms. The Morgan fingerprint density at radius 1 is 1.14 bits per heavy atom. The second-order valence-electron chi connectivity index (χ2n) is 6.13. The van der Waals surface area contributed by atoms with Gasteiger partial charge in [0.25, 0.3) is 0 Å². The minimum Gasteiger partial charge on any atom is -0.391 e. The number of rotatable bonds is 4. The summed E-state index contributed by atoms with van der Waals surface area (Å²) >= 11 is 0. The third-order valence-corrected chi connectivity index (χ3v) is 3.10. The van der Waals surface area contributed by atoms with Crippen molar-refractivity contribution >= 4 is 0 Å². The zero-order valence-electron chi connectivity index (χ0n) is 12.9. The van der Waals surface area contributed by atoms with Crippen molar-refractivity contribution in [1.29, 1.82) is 0 Å². The van der Waals surface area contributed by atoms with Crippen molar-refractivity contribution in [3.8, 4) is 11.8 Å². The van der Waals surface area contributed by atoms with Gasteiger partial charge in [0.05, 0.1) is 12.7 Å². The van der Waals surface area contributed by atoms with Crippen LogP contribution in [-0.4, -0.2) is 24.0 Å². The Morgan fingerprint density at radius 2 is 1.73 bits per heavy atom. The lowest BCUT2D eigenvalue weighted by Gasteiger charge is -2.31. The molecule has 0 heterocycles. The summed E-state index contributed by atoms with van der Waals surface area (Å²) in [6.07, 6.45) is -6.16. The molecule has 0 aliphatic rings. The van der Waals surface area contributed by atoms with Gasteiger partial charge >= 0.3 is 6.18 Å². The molecule has 2 atom stereocenters. The molecule has 1 rings (SSSR count). The van der Waals surface area contributed by atoms with Crippen molar-refractivity contribution < 1.29 is 23.0 Å². The van der Waals surface area contributed by atoms with Crippen LogP contribution in [0.5, 0.6) is 0 Å². The molecule has 0 aromatic heterocycles. The van der Waals surface area contributed by atoms with Crippen LogP contribution in [0.15, 0.2) is 30.3 Å². The van der Waals surface area contributed by atoms with E-state index in [1.165, 1.54) is 0 Å². The molecule has 1 aromatic carbocycles. The second-order valence-corrected chi connectivity index (χ2v) is 6.13. The van der Waals surface area contributed by atoms with Crippen molar-refractivity contribution in [2.24, 2.45) is 11.3 Å². The summed E-state index contributed by atoms with van der Waals surface area (Å²) in [6, 6.07) is 9.28. The van der Waals surface area contributed by atoms with Gasteiger partial charge in [-0.15, -0.1) is 0 Å². The van der Waals surface area contributed by atoms with Crippen LogP contribution in [0, 0.1) is 23.2 Å². The maximum Gasteiger partial charge on any atom is 0.404 e. The van der Waals surface area contributed by atoms with Crippen molar-refractivity contribution in [2.75, 3.05) is 6.61 Å². The second kappa shape index (κ2) is 7.66. The Kier molecular flexibility index (Phi) is 6.46. The Labute approximate surface area is 129 Å². The normalized spacial score (nSPS) is 14.9. The highest BCUT2D eigenvalue weighted by molar-refractivity contribution is 5.14. The molecule has 122 valence electrons. The highest BCUT2D eigenvalue weighted by Crippen LogP contribution is 2.35. The lowest BCUT2D eigenvalue weighted by molar-refractivity contribution is -0.194. The predicted octanol–water partition coefficient (Wildman–Crippen LogP) is 3.79. The minimum atomic E-state index is -4.57. The minimum absolute atomic E-state index is 0.113. The topological polar surface area (TPSA) is 29.5 Å². The van der Waals surface area contributed by atoms with Crippen LogP contribution in [0.4, 0.5) is 13.2 Å². The maximum atomic E-state index is 13.0. The third kappa shape index (κ3) is 6.08. The molecule has 0 saturated heterocycles. The molecule has 0 fully saturated rings. The Bertz CT molecular complexity index is 507. The molecule has 1 N–H and O–H groups in total. The van der Waals surface area contributed by atoms with Gasteiger partial charge in [0.1, 0.15) is 12.5 Å². The zero-order chi connectivity index (χ0) is 16.8. The van der Waals surface area contributed by atoms with Gasteiger partial charge in [-0.1, -0.05) is 62.9 Å². The smallest absolute Gasteiger partial charge is 0.391 e. The Balaban J connectivity index is 2.61. The van der Waals surface area contributed by atoms with Crippen molar-refractivity contribution in [3.63, 3.8) is 0 Å². The van der Waals surface area contributed by atoms with E-state index in [1.54, 1.807) is 20.8 Å². The summed E-state index contributed by atoms with van der Waals surface area (Å²) in [5.41, 5.74) is 0.0196. The number of hydrogen-bond acceptors (Lipinski definition) is 2. The van der Waals surface area contributed by atoms with Crippen molar-refractivity contribution in [3.05, 3.63) is 35.9 Å². The van der Waals surface area contributed by atoms with E-state index in [0.29, 0.717) is 0 Å². The fourth-order valence-electron chi connectivity index (χ4n) is 1.79. The number of benzene rings is 1. The van der Waals surface area contributed by atoms with Crippen LogP contribution >= 0.6 is 0 Å². The standard InChI is InChI=1S/C17H21F3O2/c1-16(2,3)15(21)14(17(18,19)20)10-7-11-22-12-13-8-5-4-6-9-13/h4-6,8-9,14-15,21H,11-12H2,1-3H3. The molecular formula is C17H21F3O2. The maximum absolute atomic E-state index is 13.0. The average Bonchev–Trinajstić information content (AvgIpc) is 2.41. The number of halogens is 3. The summed E-state index contributed by atoms with van der Waals surface area (Å²) in [4.78, 5) is 0. The summed E-state index contributed by atoms with van der Waals surface area (Å²) in [6.45, 7) is 4.81. The van der Waals surface area contributed by atoms with E-state index in [-0.39, 0.29) is 13.2 Å². The molecule has 0 saturated carbocycles. The molecule has 0 bridgehead atoms. The van der Waals surface area contributed by atoms with Crippen LogP contribution in [0.2, 0.25) is 0 Å². The lowest BCUT2D eigenvalue weighted by atomic mass is 9.81. The van der Waals surface area contributed by atoms with E-state index >= 15 is 0 Å². The SMILES string of the molecule is CC(C)(C)C(O)C(C#CCOCc1ccccc1)C(F)(F)F. The van der Waals surface area contributed by atoms with Gasteiger partial charge in [0, 0.05) is 0 Å². The molecule has 2 nitrogen and oxygen atoms in total. The molecule has 22 heavy (non-hydrogen) atoms. The number of hydrogen-bond donors (Lipinski definition) is 1. The van der Waals surface area contributed by atoms with E-state index in [4.69, 9.17) is 4.74 Å². The summed E-state index contributed by atoms with van der Waals surface area (Å²) in [5, 5.41) is 9.85. The van der Waals surface area contributed by atoms with Gasteiger partial charge in [-0.05, 0) is 11.0 Å². The first-order valence-corrected chi connectivity index (χ1v) is 6.97. The quantitative estimate of drug-likeness (QED) is 0.677. The van der Waals surface area contributed by atoms with Gasteiger partial charge in [0.2, 0.25) is 0 Å². The van der Waals surface area contributed by atoms with E-state index in [9.17, 15) is 18.3 Å². The average molecular weight is 314 g/mol. The zero-order valence-corrected chi connectivity index (χ0v) is 12.9. The van der Waals surface area contributed by atoms with E-state index in [1.807, 2.05) is 30.3 Å². The van der Waals surface area contributed by atoms with Gasteiger partial charge < -0.3 is 9.84 Å². The Hall–Kier alpha value is -1.51. The molecule has 0 aliphatic heterocycles. The number of aliphatic hydroxyl groups excluding tert-OH is 1. The largest absolute Gasteiger partial charge is 0.404 e. The van der Waals surface area contributed by atoms with Crippen LogP contribution in [0.1, 0.15) is 26.3 Å². The monoisotopic (exact) mass is 314 g/mol. The number of aliphatic hydroxyl groups is 1. The number of alkyl halides is 3. The van der Waals surface area contributed by atoms with Crippen molar-refractivity contribution in [2.45, 2.75) is 39.7 Å². The van der Waals surface area contributed by atoms with Crippen molar-refractivity contribution in [1.82, 2.24) is 0 Å². The van der Waals surface area contributed by atoms with Crippen LogP contribution in [0.3, 0.4) is 0 Å².